The summed E-state index contributed by atoms with van der Waals surface area (Å²) in [6.45, 7) is 4.25. The highest BCUT2D eigenvalue weighted by atomic mass is 16.5. The van der Waals surface area contributed by atoms with E-state index in [1.165, 1.54) is 0 Å². The Bertz CT molecular complexity index is 384. The first kappa shape index (κ1) is 12.3. The standard InChI is InChI=1S/C12H17N3O/c1-3-15(6-7-16-2)12-8-11(14)5-4-10(12)9-13/h4-5,8H,3,6-7,14H2,1-2H3. The summed E-state index contributed by atoms with van der Waals surface area (Å²) in [6.07, 6.45) is 0. The summed E-state index contributed by atoms with van der Waals surface area (Å²) >= 11 is 0. The summed E-state index contributed by atoms with van der Waals surface area (Å²) in [5.41, 5.74) is 7.93. The molecule has 0 saturated carbocycles. The van der Waals surface area contributed by atoms with Crippen molar-refractivity contribution < 1.29 is 4.74 Å². The van der Waals surface area contributed by atoms with Crippen molar-refractivity contribution in [1.82, 2.24) is 0 Å². The molecule has 0 amide bonds. The zero-order valence-electron chi connectivity index (χ0n) is 9.73. The number of rotatable bonds is 5. The molecule has 0 saturated heterocycles. The maximum Gasteiger partial charge on any atom is 0.101 e. The summed E-state index contributed by atoms with van der Waals surface area (Å²) in [5.74, 6) is 0. The Morgan fingerprint density at radius 1 is 1.50 bits per heavy atom. The number of anilines is 2. The van der Waals surface area contributed by atoms with Gasteiger partial charge in [0.05, 0.1) is 17.9 Å². The molecule has 1 rings (SSSR count). The molecule has 0 aliphatic heterocycles. The van der Waals surface area contributed by atoms with E-state index in [1.807, 2.05) is 13.0 Å². The summed E-state index contributed by atoms with van der Waals surface area (Å²) in [6, 6.07) is 7.50. The van der Waals surface area contributed by atoms with Crippen LogP contribution < -0.4 is 10.6 Å². The van der Waals surface area contributed by atoms with E-state index in [0.717, 1.165) is 18.8 Å². The van der Waals surface area contributed by atoms with Gasteiger partial charge in [-0.1, -0.05) is 0 Å². The minimum Gasteiger partial charge on any atom is -0.399 e. The smallest absolute Gasteiger partial charge is 0.101 e. The minimum absolute atomic E-state index is 0.632. The van der Waals surface area contributed by atoms with E-state index in [2.05, 4.69) is 11.0 Å². The predicted octanol–water partition coefficient (Wildman–Crippen LogP) is 1.61. The molecule has 0 aliphatic carbocycles. The Balaban J connectivity index is 2.98. The molecule has 0 atom stereocenters. The Morgan fingerprint density at radius 3 is 2.81 bits per heavy atom. The lowest BCUT2D eigenvalue weighted by Crippen LogP contribution is -2.27. The number of benzene rings is 1. The van der Waals surface area contributed by atoms with E-state index in [-0.39, 0.29) is 0 Å². The number of hydrogen-bond acceptors (Lipinski definition) is 4. The molecule has 0 fully saturated rings. The van der Waals surface area contributed by atoms with Crippen LogP contribution in [0.3, 0.4) is 0 Å². The molecule has 4 nitrogen and oxygen atoms in total. The van der Waals surface area contributed by atoms with Crippen LogP contribution in [0, 0.1) is 11.3 Å². The fourth-order valence-corrected chi connectivity index (χ4v) is 1.56. The summed E-state index contributed by atoms with van der Waals surface area (Å²) in [7, 11) is 1.67. The highest BCUT2D eigenvalue weighted by Gasteiger charge is 2.09. The second kappa shape index (κ2) is 5.99. The van der Waals surface area contributed by atoms with Gasteiger partial charge in [-0.2, -0.15) is 5.26 Å². The van der Waals surface area contributed by atoms with Gasteiger partial charge in [-0.15, -0.1) is 0 Å². The van der Waals surface area contributed by atoms with Crippen molar-refractivity contribution in [1.29, 1.82) is 5.26 Å². The van der Waals surface area contributed by atoms with Gasteiger partial charge >= 0.3 is 0 Å². The van der Waals surface area contributed by atoms with Gasteiger partial charge in [0, 0.05) is 25.9 Å². The normalized spacial score (nSPS) is 9.81. The molecule has 0 bridgehead atoms. The first-order valence-electron chi connectivity index (χ1n) is 5.26. The number of nitrogens with zero attached hydrogens (tertiary/aromatic N) is 2. The third-order valence-corrected chi connectivity index (χ3v) is 2.43. The van der Waals surface area contributed by atoms with Crippen LogP contribution in [-0.2, 0) is 4.74 Å². The highest BCUT2D eigenvalue weighted by Crippen LogP contribution is 2.22. The zero-order chi connectivity index (χ0) is 12.0. The van der Waals surface area contributed by atoms with Crippen molar-refractivity contribution in [3.05, 3.63) is 23.8 Å². The van der Waals surface area contributed by atoms with Crippen LogP contribution in [0.1, 0.15) is 12.5 Å². The van der Waals surface area contributed by atoms with Gasteiger partial charge in [-0.25, -0.2) is 0 Å². The summed E-state index contributed by atoms with van der Waals surface area (Å²) in [5, 5.41) is 9.03. The molecule has 1 aromatic rings. The van der Waals surface area contributed by atoms with Crippen LogP contribution in [0.2, 0.25) is 0 Å². The van der Waals surface area contributed by atoms with E-state index in [9.17, 15) is 0 Å². The molecule has 0 spiro atoms. The monoisotopic (exact) mass is 219 g/mol. The number of likely N-dealkylation sites (N-methyl/N-ethyl adjacent to an activating group) is 1. The molecule has 2 N–H and O–H groups in total. The van der Waals surface area contributed by atoms with Crippen LogP contribution >= 0.6 is 0 Å². The van der Waals surface area contributed by atoms with Gasteiger partial charge in [0.1, 0.15) is 6.07 Å². The second-order valence-corrected chi connectivity index (χ2v) is 3.46. The maximum atomic E-state index is 9.03. The number of methoxy groups -OCH3 is 1. The van der Waals surface area contributed by atoms with Gasteiger partial charge in [0.15, 0.2) is 0 Å². The van der Waals surface area contributed by atoms with Gasteiger partial charge in [-0.05, 0) is 25.1 Å². The maximum absolute atomic E-state index is 9.03. The van der Waals surface area contributed by atoms with E-state index >= 15 is 0 Å². The number of nitriles is 1. The molecule has 86 valence electrons. The minimum atomic E-state index is 0.632. The fraction of sp³-hybridized carbons (Fsp3) is 0.417. The van der Waals surface area contributed by atoms with E-state index < -0.39 is 0 Å². The molecule has 1 aromatic carbocycles. The number of ether oxygens (including phenoxy) is 1. The van der Waals surface area contributed by atoms with Crippen molar-refractivity contribution in [3.8, 4) is 6.07 Å². The van der Waals surface area contributed by atoms with Crippen molar-refractivity contribution in [3.63, 3.8) is 0 Å². The molecular formula is C12H17N3O. The van der Waals surface area contributed by atoms with Gasteiger partial charge in [0.25, 0.3) is 0 Å². The lowest BCUT2D eigenvalue weighted by atomic mass is 10.1. The lowest BCUT2D eigenvalue weighted by Gasteiger charge is -2.24. The largest absolute Gasteiger partial charge is 0.399 e. The van der Waals surface area contributed by atoms with Crippen LogP contribution in [0.4, 0.5) is 11.4 Å². The SMILES string of the molecule is CCN(CCOC)c1cc(N)ccc1C#N. The van der Waals surface area contributed by atoms with E-state index in [0.29, 0.717) is 17.9 Å². The average molecular weight is 219 g/mol. The third-order valence-electron chi connectivity index (χ3n) is 2.43. The van der Waals surface area contributed by atoms with Crippen LogP contribution in [0.25, 0.3) is 0 Å². The van der Waals surface area contributed by atoms with Crippen molar-refractivity contribution >= 4 is 11.4 Å². The van der Waals surface area contributed by atoms with Gasteiger partial charge in [-0.3, -0.25) is 0 Å². The Morgan fingerprint density at radius 2 is 2.25 bits per heavy atom. The topological polar surface area (TPSA) is 62.3 Å². The molecule has 0 aromatic heterocycles. The molecule has 16 heavy (non-hydrogen) atoms. The highest BCUT2D eigenvalue weighted by molar-refractivity contribution is 5.65. The second-order valence-electron chi connectivity index (χ2n) is 3.46. The first-order chi connectivity index (χ1) is 7.72. The molecular weight excluding hydrogens is 202 g/mol. The van der Waals surface area contributed by atoms with E-state index in [4.69, 9.17) is 15.7 Å². The molecule has 4 heteroatoms. The first-order valence-corrected chi connectivity index (χ1v) is 5.26. The molecule has 0 unspecified atom stereocenters. The third kappa shape index (κ3) is 2.88. The Labute approximate surface area is 96.2 Å². The van der Waals surface area contributed by atoms with Crippen LogP contribution in [0.15, 0.2) is 18.2 Å². The summed E-state index contributed by atoms with van der Waals surface area (Å²) in [4.78, 5) is 2.08. The average Bonchev–Trinajstić information content (AvgIpc) is 2.30. The fourth-order valence-electron chi connectivity index (χ4n) is 1.56. The van der Waals surface area contributed by atoms with Crippen molar-refractivity contribution in [2.24, 2.45) is 0 Å². The Kier molecular flexibility index (Phi) is 4.62. The van der Waals surface area contributed by atoms with Gasteiger partial charge < -0.3 is 15.4 Å². The molecule has 0 radical (unpaired) electrons. The van der Waals surface area contributed by atoms with Crippen LogP contribution in [-0.4, -0.2) is 26.8 Å². The van der Waals surface area contributed by atoms with Crippen molar-refractivity contribution in [2.75, 3.05) is 37.4 Å². The number of nitrogen functional groups attached to an aromatic ring is 1. The van der Waals surface area contributed by atoms with Crippen LogP contribution in [0.5, 0.6) is 0 Å². The van der Waals surface area contributed by atoms with Gasteiger partial charge in [0.2, 0.25) is 0 Å². The van der Waals surface area contributed by atoms with Crippen molar-refractivity contribution in [2.45, 2.75) is 6.92 Å². The number of hydrogen-bond donors (Lipinski definition) is 1. The zero-order valence-corrected chi connectivity index (χ0v) is 9.73. The lowest BCUT2D eigenvalue weighted by molar-refractivity contribution is 0.205. The number of nitrogens with two attached hydrogens (primary N) is 1. The Hall–Kier alpha value is -1.73. The molecule has 0 aliphatic rings. The quantitative estimate of drug-likeness (QED) is 0.764. The van der Waals surface area contributed by atoms with E-state index in [1.54, 1.807) is 19.2 Å². The molecule has 0 heterocycles. The predicted molar refractivity (Wildman–Crippen MR) is 65.3 cm³/mol. The summed E-state index contributed by atoms with van der Waals surface area (Å²) < 4.78 is 5.04.